The Labute approximate surface area is 118 Å². The summed E-state index contributed by atoms with van der Waals surface area (Å²) in [6, 6.07) is 4.55. The predicted octanol–water partition coefficient (Wildman–Crippen LogP) is 2.26. The standard InChI is InChI=1S/C16H19FO3/c17-15-9-13(4-3-6-18)8-14(10-15)11-19-12-16-5-1-2-7-20-16/h8-10,16,18H,1-2,5-7,11-12H2. The van der Waals surface area contributed by atoms with E-state index >= 15 is 0 Å². The summed E-state index contributed by atoms with van der Waals surface area (Å²) in [6.07, 6.45) is 3.48. The lowest BCUT2D eigenvalue weighted by Crippen LogP contribution is -2.24. The highest BCUT2D eigenvalue weighted by atomic mass is 19.1. The van der Waals surface area contributed by atoms with Gasteiger partial charge in [-0.15, -0.1) is 0 Å². The van der Waals surface area contributed by atoms with Crippen LogP contribution in [0.4, 0.5) is 4.39 Å². The molecule has 0 aliphatic carbocycles. The van der Waals surface area contributed by atoms with Crippen LogP contribution in [0, 0.1) is 17.7 Å². The second kappa shape index (κ2) is 8.01. The van der Waals surface area contributed by atoms with Crippen LogP contribution in [-0.2, 0) is 16.1 Å². The molecule has 0 radical (unpaired) electrons. The summed E-state index contributed by atoms with van der Waals surface area (Å²) in [4.78, 5) is 0. The van der Waals surface area contributed by atoms with Crippen LogP contribution in [-0.4, -0.2) is 31.0 Å². The zero-order valence-corrected chi connectivity index (χ0v) is 11.4. The highest BCUT2D eigenvalue weighted by Gasteiger charge is 2.13. The summed E-state index contributed by atoms with van der Waals surface area (Å²) < 4.78 is 24.6. The minimum absolute atomic E-state index is 0.158. The zero-order chi connectivity index (χ0) is 14.2. The first-order chi connectivity index (χ1) is 9.78. The summed E-state index contributed by atoms with van der Waals surface area (Å²) in [7, 11) is 0. The lowest BCUT2D eigenvalue weighted by Gasteiger charge is -2.22. The number of hydrogen-bond acceptors (Lipinski definition) is 3. The van der Waals surface area contributed by atoms with Crippen LogP contribution < -0.4 is 0 Å². The minimum atomic E-state index is -0.345. The van der Waals surface area contributed by atoms with Crippen molar-refractivity contribution < 1.29 is 19.0 Å². The summed E-state index contributed by atoms with van der Waals surface area (Å²) >= 11 is 0. The van der Waals surface area contributed by atoms with Gasteiger partial charge in [0.25, 0.3) is 0 Å². The van der Waals surface area contributed by atoms with Gasteiger partial charge in [-0.3, -0.25) is 0 Å². The van der Waals surface area contributed by atoms with Crippen LogP contribution in [0.2, 0.25) is 0 Å². The van der Waals surface area contributed by atoms with Crippen LogP contribution >= 0.6 is 0 Å². The van der Waals surface area contributed by atoms with Crippen molar-refractivity contribution in [2.24, 2.45) is 0 Å². The molecular formula is C16H19FO3. The highest BCUT2D eigenvalue weighted by Crippen LogP contribution is 2.14. The molecule has 0 saturated carbocycles. The fraction of sp³-hybridized carbons (Fsp3) is 0.500. The normalized spacial score (nSPS) is 18.4. The third-order valence-electron chi connectivity index (χ3n) is 3.12. The van der Waals surface area contributed by atoms with Gasteiger partial charge in [0.2, 0.25) is 0 Å². The van der Waals surface area contributed by atoms with Gasteiger partial charge in [-0.2, -0.15) is 0 Å². The lowest BCUT2D eigenvalue weighted by molar-refractivity contribution is -0.0447. The highest BCUT2D eigenvalue weighted by molar-refractivity contribution is 5.37. The van der Waals surface area contributed by atoms with E-state index in [9.17, 15) is 4.39 Å². The van der Waals surface area contributed by atoms with Gasteiger partial charge in [-0.25, -0.2) is 4.39 Å². The first-order valence-electron chi connectivity index (χ1n) is 6.86. The molecule has 108 valence electrons. The van der Waals surface area contributed by atoms with Crippen LogP contribution in [0.5, 0.6) is 0 Å². The van der Waals surface area contributed by atoms with Gasteiger partial charge in [0, 0.05) is 12.2 Å². The number of halogens is 1. The molecule has 1 unspecified atom stereocenters. The number of ether oxygens (including phenoxy) is 2. The molecule has 0 aromatic heterocycles. The fourth-order valence-electron chi connectivity index (χ4n) is 2.19. The van der Waals surface area contributed by atoms with Gasteiger partial charge in [-0.05, 0) is 43.0 Å². The molecule has 0 bridgehead atoms. The summed E-state index contributed by atoms with van der Waals surface area (Å²) in [6.45, 7) is 1.44. The second-order valence-corrected chi connectivity index (χ2v) is 4.81. The molecule has 2 rings (SSSR count). The van der Waals surface area contributed by atoms with E-state index < -0.39 is 0 Å². The Morgan fingerprint density at radius 3 is 3.00 bits per heavy atom. The monoisotopic (exact) mass is 278 g/mol. The first kappa shape index (κ1) is 15.0. The van der Waals surface area contributed by atoms with E-state index in [2.05, 4.69) is 11.8 Å². The van der Waals surface area contributed by atoms with Crippen molar-refractivity contribution in [1.82, 2.24) is 0 Å². The molecule has 1 aliphatic rings. The molecule has 1 N–H and O–H groups in total. The van der Waals surface area contributed by atoms with E-state index in [-0.39, 0.29) is 18.5 Å². The maximum absolute atomic E-state index is 13.4. The summed E-state index contributed by atoms with van der Waals surface area (Å²) in [5, 5.41) is 8.65. The second-order valence-electron chi connectivity index (χ2n) is 4.81. The molecular weight excluding hydrogens is 259 g/mol. The number of aliphatic hydroxyl groups is 1. The number of rotatable bonds is 4. The molecule has 1 heterocycles. The van der Waals surface area contributed by atoms with Crippen molar-refractivity contribution in [2.75, 3.05) is 19.8 Å². The average Bonchev–Trinajstić information content (AvgIpc) is 2.46. The first-order valence-corrected chi connectivity index (χ1v) is 6.86. The number of benzene rings is 1. The maximum atomic E-state index is 13.4. The van der Waals surface area contributed by atoms with Gasteiger partial charge in [-0.1, -0.05) is 11.8 Å². The Morgan fingerprint density at radius 2 is 2.25 bits per heavy atom. The van der Waals surface area contributed by atoms with Crippen molar-refractivity contribution in [3.05, 3.63) is 35.1 Å². The third kappa shape index (κ3) is 4.93. The molecule has 1 atom stereocenters. The van der Waals surface area contributed by atoms with E-state index in [1.54, 1.807) is 6.07 Å². The van der Waals surface area contributed by atoms with Crippen LogP contribution in [0.3, 0.4) is 0 Å². The van der Waals surface area contributed by atoms with Gasteiger partial charge in [0.15, 0.2) is 0 Å². The number of hydrogen-bond donors (Lipinski definition) is 1. The minimum Gasteiger partial charge on any atom is -0.384 e. The number of aliphatic hydroxyl groups excluding tert-OH is 1. The molecule has 4 heteroatoms. The van der Waals surface area contributed by atoms with Crippen molar-refractivity contribution >= 4 is 0 Å². The molecule has 1 aromatic carbocycles. The van der Waals surface area contributed by atoms with Gasteiger partial charge < -0.3 is 14.6 Å². The third-order valence-corrected chi connectivity index (χ3v) is 3.12. The van der Waals surface area contributed by atoms with E-state index in [4.69, 9.17) is 14.6 Å². The zero-order valence-electron chi connectivity index (χ0n) is 11.4. The Balaban J connectivity index is 1.86. The quantitative estimate of drug-likeness (QED) is 0.859. The molecule has 3 nitrogen and oxygen atoms in total. The Kier molecular flexibility index (Phi) is 6.00. The van der Waals surface area contributed by atoms with Crippen LogP contribution in [0.15, 0.2) is 18.2 Å². The molecule has 1 aliphatic heterocycles. The predicted molar refractivity (Wildman–Crippen MR) is 73.6 cm³/mol. The van der Waals surface area contributed by atoms with Gasteiger partial charge in [0.05, 0.1) is 19.3 Å². The van der Waals surface area contributed by atoms with E-state index in [1.165, 1.54) is 18.6 Å². The van der Waals surface area contributed by atoms with Crippen molar-refractivity contribution in [3.63, 3.8) is 0 Å². The van der Waals surface area contributed by atoms with E-state index in [1.807, 2.05) is 0 Å². The van der Waals surface area contributed by atoms with Crippen molar-refractivity contribution in [2.45, 2.75) is 32.0 Å². The van der Waals surface area contributed by atoms with Crippen molar-refractivity contribution in [1.29, 1.82) is 0 Å². The maximum Gasteiger partial charge on any atom is 0.124 e. The van der Waals surface area contributed by atoms with Crippen molar-refractivity contribution in [3.8, 4) is 11.8 Å². The lowest BCUT2D eigenvalue weighted by atomic mass is 10.1. The molecule has 0 amide bonds. The van der Waals surface area contributed by atoms with E-state index in [0.717, 1.165) is 25.0 Å². The van der Waals surface area contributed by atoms with E-state index in [0.29, 0.717) is 18.8 Å². The molecule has 1 fully saturated rings. The molecule has 20 heavy (non-hydrogen) atoms. The fourth-order valence-corrected chi connectivity index (χ4v) is 2.19. The molecule has 1 saturated heterocycles. The smallest absolute Gasteiger partial charge is 0.124 e. The average molecular weight is 278 g/mol. The SMILES string of the molecule is OCC#Cc1cc(F)cc(COCC2CCCCO2)c1. The van der Waals surface area contributed by atoms with Gasteiger partial charge >= 0.3 is 0 Å². The Morgan fingerprint density at radius 1 is 1.35 bits per heavy atom. The Bertz CT molecular complexity index is 484. The molecule has 0 spiro atoms. The summed E-state index contributed by atoms with van der Waals surface area (Å²) in [5.41, 5.74) is 1.29. The van der Waals surface area contributed by atoms with Crippen LogP contribution in [0.1, 0.15) is 30.4 Å². The largest absolute Gasteiger partial charge is 0.384 e. The summed E-state index contributed by atoms with van der Waals surface area (Å²) in [5.74, 6) is 4.85. The topological polar surface area (TPSA) is 38.7 Å². The Hall–Kier alpha value is -1.41. The molecule has 1 aromatic rings. The van der Waals surface area contributed by atoms with Gasteiger partial charge in [0.1, 0.15) is 12.4 Å². The van der Waals surface area contributed by atoms with Crippen LogP contribution in [0.25, 0.3) is 0 Å².